The molecule has 1 aromatic heterocycles. The summed E-state index contributed by atoms with van der Waals surface area (Å²) < 4.78 is 2.39. The van der Waals surface area contributed by atoms with Crippen molar-refractivity contribution in [2.75, 3.05) is 4.90 Å². The van der Waals surface area contributed by atoms with E-state index in [2.05, 4.69) is 240 Å². The molecule has 0 radical (unpaired) electrons. The van der Waals surface area contributed by atoms with Crippen molar-refractivity contribution in [1.29, 1.82) is 0 Å². The number of para-hydroxylation sites is 3. The highest BCUT2D eigenvalue weighted by Gasteiger charge is 2.21. The number of nitrogens with zero attached hydrogens (tertiary/aromatic N) is 2. The maximum atomic E-state index is 2.43. The van der Waals surface area contributed by atoms with Gasteiger partial charge in [0.05, 0.1) is 22.4 Å². The number of hydrogen-bond donors (Lipinski definition) is 0. The lowest BCUT2D eigenvalue weighted by atomic mass is 9.94. The summed E-state index contributed by atoms with van der Waals surface area (Å²) in [4.78, 5) is 2.43. The van der Waals surface area contributed by atoms with Crippen LogP contribution in [0.5, 0.6) is 0 Å². The highest BCUT2D eigenvalue weighted by atomic mass is 15.1. The molecule has 0 unspecified atom stereocenters. The zero-order valence-corrected chi connectivity index (χ0v) is 31.8. The quantitative estimate of drug-likeness (QED) is 0.158. The largest absolute Gasteiger partial charge is 0.309 e. The number of anilines is 3. The van der Waals surface area contributed by atoms with E-state index in [4.69, 9.17) is 0 Å². The molecule has 10 aromatic carbocycles. The molecule has 272 valence electrons. The molecule has 2 heteroatoms. The highest BCUT2D eigenvalue weighted by molar-refractivity contribution is 6.16. The van der Waals surface area contributed by atoms with E-state index in [1.807, 2.05) is 0 Å². The maximum Gasteiger partial charge on any atom is 0.0547 e. The second kappa shape index (κ2) is 14.1. The third-order valence-electron chi connectivity index (χ3n) is 11.6. The summed E-state index contributed by atoms with van der Waals surface area (Å²) in [5, 5.41) is 7.42. The predicted octanol–water partition coefficient (Wildman–Crippen LogP) is 15.6. The van der Waals surface area contributed by atoms with E-state index in [0.717, 1.165) is 33.9 Å². The topological polar surface area (TPSA) is 8.17 Å². The molecular formula is C56H38N2. The van der Waals surface area contributed by atoms with Gasteiger partial charge in [-0.3, -0.25) is 0 Å². The van der Waals surface area contributed by atoms with Gasteiger partial charge < -0.3 is 9.47 Å². The Labute approximate surface area is 338 Å². The monoisotopic (exact) mass is 738 g/mol. The van der Waals surface area contributed by atoms with E-state index < -0.39 is 0 Å². The lowest BCUT2D eigenvalue weighted by Crippen LogP contribution is -2.11. The Balaban J connectivity index is 1.07. The van der Waals surface area contributed by atoms with Gasteiger partial charge in [0.15, 0.2) is 0 Å². The first-order valence-electron chi connectivity index (χ1n) is 19.9. The van der Waals surface area contributed by atoms with Gasteiger partial charge in [0.2, 0.25) is 0 Å². The van der Waals surface area contributed by atoms with Crippen molar-refractivity contribution >= 4 is 60.4 Å². The normalized spacial score (nSPS) is 11.4. The van der Waals surface area contributed by atoms with Gasteiger partial charge >= 0.3 is 0 Å². The van der Waals surface area contributed by atoms with Crippen molar-refractivity contribution in [2.45, 2.75) is 0 Å². The third kappa shape index (κ3) is 5.74. The van der Waals surface area contributed by atoms with Gasteiger partial charge in [-0.2, -0.15) is 0 Å². The second-order valence-corrected chi connectivity index (χ2v) is 14.9. The zero-order valence-electron chi connectivity index (χ0n) is 31.8. The summed E-state index contributed by atoms with van der Waals surface area (Å²) >= 11 is 0. The molecule has 1 heterocycles. The van der Waals surface area contributed by atoms with Crippen molar-refractivity contribution < 1.29 is 0 Å². The summed E-state index contributed by atoms with van der Waals surface area (Å²) in [7, 11) is 0. The first-order chi connectivity index (χ1) is 28.8. The standard InChI is InChI=1S/C56H38N2/c1-2-21-46(22-3-1)58-54-28-11-9-25-51(54)56-50(26-14-30-55(56)58)45-20-12-19-44(38-45)49-24-8-10-27-52(49)57(53-29-13-18-41-16-6-7-23-48(41)53)47-35-33-40(34-36-47)43-32-31-39-15-4-5-17-42(39)37-43/h1-38H. The number of benzene rings is 10. The summed E-state index contributed by atoms with van der Waals surface area (Å²) in [6, 6.07) is 83.7. The van der Waals surface area contributed by atoms with Gasteiger partial charge in [0.25, 0.3) is 0 Å². The first kappa shape index (κ1) is 33.6. The van der Waals surface area contributed by atoms with E-state index >= 15 is 0 Å². The molecule has 11 rings (SSSR count). The molecule has 11 aromatic rings. The lowest BCUT2D eigenvalue weighted by Gasteiger charge is -2.29. The average Bonchev–Trinajstić information content (AvgIpc) is 3.64. The lowest BCUT2D eigenvalue weighted by molar-refractivity contribution is 1.18. The van der Waals surface area contributed by atoms with Crippen LogP contribution in [0.4, 0.5) is 17.1 Å². The number of aromatic nitrogens is 1. The van der Waals surface area contributed by atoms with Crippen LogP contribution in [0.1, 0.15) is 0 Å². The Morgan fingerprint density at radius 1 is 0.310 bits per heavy atom. The van der Waals surface area contributed by atoms with Gasteiger partial charge in [-0.15, -0.1) is 0 Å². The molecular weight excluding hydrogens is 701 g/mol. The Morgan fingerprint density at radius 2 is 0.897 bits per heavy atom. The van der Waals surface area contributed by atoms with Crippen LogP contribution in [0.15, 0.2) is 231 Å². The van der Waals surface area contributed by atoms with E-state index in [9.17, 15) is 0 Å². The van der Waals surface area contributed by atoms with Crippen molar-refractivity contribution in [1.82, 2.24) is 4.57 Å². The number of rotatable bonds is 7. The minimum Gasteiger partial charge on any atom is -0.309 e. The van der Waals surface area contributed by atoms with Gasteiger partial charge in [0, 0.05) is 33.1 Å². The smallest absolute Gasteiger partial charge is 0.0547 e. The number of fused-ring (bicyclic) bond motifs is 5. The molecule has 58 heavy (non-hydrogen) atoms. The Kier molecular flexibility index (Phi) is 8.19. The zero-order chi connectivity index (χ0) is 38.4. The van der Waals surface area contributed by atoms with Crippen molar-refractivity contribution in [3.8, 4) is 39.1 Å². The maximum absolute atomic E-state index is 2.43. The minimum atomic E-state index is 1.10. The van der Waals surface area contributed by atoms with E-state index in [-0.39, 0.29) is 0 Å². The molecule has 0 spiro atoms. The van der Waals surface area contributed by atoms with E-state index in [0.29, 0.717) is 0 Å². The van der Waals surface area contributed by atoms with Gasteiger partial charge in [-0.1, -0.05) is 170 Å². The fraction of sp³-hybridized carbons (Fsp3) is 0. The molecule has 2 nitrogen and oxygen atoms in total. The fourth-order valence-corrected chi connectivity index (χ4v) is 8.87. The SMILES string of the molecule is c1ccc(-n2c3ccccc3c3c(-c4cccc(-c5ccccc5N(c5ccc(-c6ccc7ccccc7c6)cc5)c5cccc6ccccc56)c4)cccc32)cc1. The molecule has 0 saturated carbocycles. The van der Waals surface area contributed by atoms with Crippen LogP contribution in [-0.4, -0.2) is 4.57 Å². The van der Waals surface area contributed by atoms with Gasteiger partial charge in [0.1, 0.15) is 0 Å². The summed E-state index contributed by atoms with van der Waals surface area (Å²) in [5.74, 6) is 0. The number of hydrogen-bond acceptors (Lipinski definition) is 1. The summed E-state index contributed by atoms with van der Waals surface area (Å²) in [6.07, 6.45) is 0. The molecule has 0 atom stereocenters. The fourth-order valence-electron chi connectivity index (χ4n) is 8.87. The average molecular weight is 739 g/mol. The summed E-state index contributed by atoms with van der Waals surface area (Å²) in [6.45, 7) is 0. The minimum absolute atomic E-state index is 1.10. The van der Waals surface area contributed by atoms with Crippen LogP contribution < -0.4 is 4.90 Å². The van der Waals surface area contributed by atoms with Crippen molar-refractivity contribution in [2.24, 2.45) is 0 Å². The first-order valence-corrected chi connectivity index (χ1v) is 19.9. The van der Waals surface area contributed by atoms with Gasteiger partial charge in [-0.05, 0) is 105 Å². The van der Waals surface area contributed by atoms with Crippen LogP contribution in [0.2, 0.25) is 0 Å². The predicted molar refractivity (Wildman–Crippen MR) is 247 cm³/mol. The van der Waals surface area contributed by atoms with Crippen molar-refractivity contribution in [3.05, 3.63) is 231 Å². The van der Waals surface area contributed by atoms with E-state index in [1.165, 1.54) is 65.6 Å². The molecule has 0 aliphatic rings. The van der Waals surface area contributed by atoms with Crippen molar-refractivity contribution in [3.63, 3.8) is 0 Å². The second-order valence-electron chi connectivity index (χ2n) is 14.9. The Hall–Kier alpha value is -7.68. The molecule has 0 aliphatic carbocycles. The van der Waals surface area contributed by atoms with E-state index in [1.54, 1.807) is 0 Å². The van der Waals surface area contributed by atoms with Crippen LogP contribution in [-0.2, 0) is 0 Å². The highest BCUT2D eigenvalue weighted by Crippen LogP contribution is 2.45. The molecule has 0 bridgehead atoms. The van der Waals surface area contributed by atoms with Crippen LogP contribution in [0.3, 0.4) is 0 Å². The van der Waals surface area contributed by atoms with Crippen LogP contribution >= 0.6 is 0 Å². The van der Waals surface area contributed by atoms with Gasteiger partial charge in [-0.25, -0.2) is 0 Å². The molecule has 0 amide bonds. The molecule has 0 aliphatic heterocycles. The third-order valence-corrected chi connectivity index (χ3v) is 11.6. The molecule has 0 N–H and O–H groups in total. The Morgan fingerprint density at radius 3 is 1.76 bits per heavy atom. The molecule has 0 saturated heterocycles. The molecule has 0 fully saturated rings. The Bertz CT molecular complexity index is 3280. The van der Waals surface area contributed by atoms with Crippen LogP contribution in [0.25, 0.3) is 82.4 Å². The summed E-state index contributed by atoms with van der Waals surface area (Å²) in [5.41, 5.74) is 14.0. The van der Waals surface area contributed by atoms with Crippen LogP contribution in [0, 0.1) is 0 Å².